The molecule has 2 aromatic rings. The molecule has 0 saturated carbocycles. The number of ether oxygens (including phenoxy) is 1. The zero-order chi connectivity index (χ0) is 51.1. The first-order valence-corrected chi connectivity index (χ1v) is 27.3. The van der Waals surface area contributed by atoms with Gasteiger partial charge in [0.2, 0.25) is 11.8 Å². The average Bonchev–Trinajstić information content (AvgIpc) is 3.84. The molecule has 9 N–H and O–H groups in total. The zero-order valence-electron chi connectivity index (χ0n) is 38.8. The quantitative estimate of drug-likeness (QED) is 0.0196. The van der Waals surface area contributed by atoms with Gasteiger partial charge in [0.25, 0.3) is 0 Å². The number of nitrogens with zero attached hydrogens (tertiary/aromatic N) is 4. The lowest BCUT2D eigenvalue weighted by atomic mass is 9.87. The molecule has 8 atom stereocenters. The number of anilines is 1. The Hall–Kier alpha value is -3.64. The van der Waals surface area contributed by atoms with Crippen molar-refractivity contribution in [3.8, 4) is 0 Å². The number of hydrogen-bond acceptors (Lipinski definition) is 19. The van der Waals surface area contributed by atoms with Crippen molar-refractivity contribution < 1.29 is 80.1 Å². The molecular formula is C41H66N7O17P3S. The molecule has 2 amide bonds. The summed E-state index contributed by atoms with van der Waals surface area (Å²) < 4.78 is 70.0. The number of nitrogen functional groups attached to an aromatic ring is 1. The maximum atomic E-state index is 13.2. The van der Waals surface area contributed by atoms with Crippen LogP contribution in [0, 0.1) is 5.41 Å². The minimum atomic E-state index is -5.63. The predicted molar refractivity (Wildman–Crippen MR) is 256 cm³/mol. The zero-order valence-corrected chi connectivity index (χ0v) is 42.3. The van der Waals surface area contributed by atoms with Crippen LogP contribution in [0.25, 0.3) is 11.2 Å². The van der Waals surface area contributed by atoms with E-state index in [-0.39, 0.29) is 48.7 Å². The van der Waals surface area contributed by atoms with Crippen LogP contribution in [-0.2, 0) is 55.2 Å². The fourth-order valence-electron chi connectivity index (χ4n) is 6.25. The molecule has 8 unspecified atom stereocenters. The Morgan fingerprint density at radius 2 is 1.51 bits per heavy atom. The number of hydrogen-bond donors (Lipinski definition) is 9. The number of phosphoric acid groups is 3. The molecule has 388 valence electrons. The molecule has 2 aromatic heterocycles. The number of nitrogens with one attached hydrogen (secondary N) is 2. The van der Waals surface area contributed by atoms with Gasteiger partial charge in [-0.1, -0.05) is 82.2 Å². The third-order valence-corrected chi connectivity index (χ3v) is 13.7. The van der Waals surface area contributed by atoms with Gasteiger partial charge in [-0.2, -0.15) is 16.9 Å². The third-order valence-electron chi connectivity index (χ3n) is 9.93. The lowest BCUT2D eigenvalue weighted by molar-refractivity contribution is -0.137. The summed E-state index contributed by atoms with van der Waals surface area (Å²) in [5.74, 6) is -2.10. The number of aliphatic hydroxyl groups excluding tert-OH is 2. The Morgan fingerprint density at radius 3 is 2.14 bits per heavy atom. The molecule has 3 heterocycles. The van der Waals surface area contributed by atoms with E-state index in [2.05, 4.69) is 73.8 Å². The molecule has 28 heteroatoms. The number of imidazole rings is 1. The van der Waals surface area contributed by atoms with Crippen LogP contribution in [0.3, 0.4) is 0 Å². The summed E-state index contributed by atoms with van der Waals surface area (Å²) in [6.07, 6.45) is 16.9. The number of nitrogens with two attached hydrogens (primary N) is 1. The van der Waals surface area contributed by atoms with Gasteiger partial charge < -0.3 is 45.6 Å². The number of carbonyl (C=O) groups excluding carboxylic acids is 3. The average molecular weight is 1050 g/mol. The molecule has 24 nitrogen and oxygen atoms in total. The topological polar surface area (TPSA) is 353 Å². The van der Waals surface area contributed by atoms with E-state index in [0.29, 0.717) is 25.1 Å². The molecule has 0 bridgehead atoms. The third kappa shape index (κ3) is 21.7. The first-order valence-electron chi connectivity index (χ1n) is 22.2. The van der Waals surface area contributed by atoms with Gasteiger partial charge in [0, 0.05) is 37.1 Å². The maximum Gasteiger partial charge on any atom is 0.530 e. The van der Waals surface area contributed by atoms with E-state index in [0.717, 1.165) is 36.5 Å². The summed E-state index contributed by atoms with van der Waals surface area (Å²) in [5, 5.41) is 26.8. The summed E-state index contributed by atoms with van der Waals surface area (Å²) in [6.45, 7) is 2.83. The number of unbranched alkanes of at least 4 members (excludes halogenated alkanes) is 4. The summed E-state index contributed by atoms with van der Waals surface area (Å²) in [7, 11) is -16.5. The minimum Gasteiger partial charge on any atom is -0.386 e. The molecule has 3 rings (SSSR count). The normalized spacial score (nSPS) is 20.9. The number of amides is 2. The van der Waals surface area contributed by atoms with Gasteiger partial charge in [-0.05, 0) is 44.9 Å². The highest BCUT2D eigenvalue weighted by atomic mass is 32.1. The number of fused-ring (bicyclic) bond motifs is 1. The summed E-state index contributed by atoms with van der Waals surface area (Å²) in [4.78, 5) is 80.3. The first-order chi connectivity index (χ1) is 32.6. The van der Waals surface area contributed by atoms with Crippen LogP contribution in [0.5, 0.6) is 0 Å². The van der Waals surface area contributed by atoms with Crippen LogP contribution < -0.4 is 16.4 Å². The van der Waals surface area contributed by atoms with Crippen molar-refractivity contribution in [3.05, 3.63) is 61.3 Å². The number of phosphoric ester groups is 3. The second-order valence-electron chi connectivity index (χ2n) is 16.2. The Labute approximate surface area is 406 Å². The Bertz CT molecular complexity index is 2230. The van der Waals surface area contributed by atoms with Crippen molar-refractivity contribution in [2.75, 3.05) is 37.8 Å². The summed E-state index contributed by atoms with van der Waals surface area (Å²) >= 11 is 3.98. The molecule has 1 aliphatic heterocycles. The van der Waals surface area contributed by atoms with Gasteiger partial charge in [-0.25, -0.2) is 28.6 Å². The molecule has 1 aliphatic rings. The fraction of sp³-hybridized carbons (Fsp3) is 0.610. The number of aliphatic hydroxyl groups is 2. The molecule has 0 spiro atoms. The highest BCUT2D eigenvalue weighted by Crippen LogP contribution is 2.61. The van der Waals surface area contributed by atoms with Gasteiger partial charge in [0.15, 0.2) is 17.7 Å². The van der Waals surface area contributed by atoms with Crippen molar-refractivity contribution in [1.82, 2.24) is 30.2 Å². The second kappa shape index (κ2) is 29.6. The molecule has 0 aromatic carbocycles. The predicted octanol–water partition coefficient (Wildman–Crippen LogP) is 5.03. The number of thiol groups is 1. The van der Waals surface area contributed by atoms with Crippen molar-refractivity contribution in [3.63, 3.8) is 0 Å². The SMILES string of the molecule is CCCCCC=CCC=CCC=CCC=CCCCC(=O)OP(=O)(O)OC1C(COP(=O)(O)OP(=O)(O)OCC(C)(C)C(O)C(=O)NCCC(=O)NCCS)OC(n2cnc3c(N)ncnc32)C1O. The van der Waals surface area contributed by atoms with Gasteiger partial charge >= 0.3 is 29.4 Å². The highest BCUT2D eigenvalue weighted by molar-refractivity contribution is 7.80. The molecule has 1 saturated heterocycles. The van der Waals surface area contributed by atoms with E-state index >= 15 is 0 Å². The first kappa shape index (κ1) is 59.7. The number of aromatic nitrogens is 4. The van der Waals surface area contributed by atoms with E-state index in [1.165, 1.54) is 33.1 Å². The van der Waals surface area contributed by atoms with Crippen molar-refractivity contribution in [2.45, 2.75) is 122 Å². The van der Waals surface area contributed by atoms with E-state index < -0.39 is 84.6 Å². The van der Waals surface area contributed by atoms with Crippen LogP contribution in [0.4, 0.5) is 5.82 Å². The van der Waals surface area contributed by atoms with E-state index in [1.807, 2.05) is 24.3 Å². The van der Waals surface area contributed by atoms with Crippen LogP contribution in [-0.4, -0.2) is 119 Å². The molecule has 69 heavy (non-hydrogen) atoms. The van der Waals surface area contributed by atoms with Crippen LogP contribution in [0.2, 0.25) is 0 Å². The molecule has 0 aliphatic carbocycles. The summed E-state index contributed by atoms with van der Waals surface area (Å²) in [6, 6.07) is 0. The Balaban J connectivity index is 1.57. The van der Waals surface area contributed by atoms with Gasteiger partial charge in [0.1, 0.15) is 36.3 Å². The maximum absolute atomic E-state index is 13.2. The smallest absolute Gasteiger partial charge is 0.386 e. The van der Waals surface area contributed by atoms with E-state index in [4.69, 9.17) is 28.6 Å². The largest absolute Gasteiger partial charge is 0.530 e. The van der Waals surface area contributed by atoms with Gasteiger partial charge in [-0.15, -0.1) is 0 Å². The van der Waals surface area contributed by atoms with Crippen molar-refractivity contribution in [1.29, 1.82) is 0 Å². The van der Waals surface area contributed by atoms with E-state index in [9.17, 15) is 53.0 Å². The number of carbonyl (C=O) groups is 3. The second-order valence-corrected chi connectivity index (χ2v) is 21.0. The van der Waals surface area contributed by atoms with Crippen molar-refractivity contribution >= 4 is 70.9 Å². The lowest BCUT2D eigenvalue weighted by Crippen LogP contribution is -2.46. The molecule has 0 radical (unpaired) electrons. The van der Waals surface area contributed by atoms with E-state index in [1.54, 1.807) is 0 Å². The Kier molecular flexibility index (Phi) is 25.6. The monoisotopic (exact) mass is 1050 g/mol. The van der Waals surface area contributed by atoms with Crippen LogP contribution >= 0.6 is 36.1 Å². The van der Waals surface area contributed by atoms with Gasteiger partial charge in [0.05, 0.1) is 19.5 Å². The highest BCUT2D eigenvalue weighted by Gasteiger charge is 2.51. The Morgan fingerprint density at radius 1 is 0.884 bits per heavy atom. The molecule has 1 fully saturated rings. The lowest BCUT2D eigenvalue weighted by Gasteiger charge is -2.30. The summed E-state index contributed by atoms with van der Waals surface area (Å²) in [5.41, 5.74) is 4.36. The van der Waals surface area contributed by atoms with Gasteiger partial charge in [-0.3, -0.25) is 37.4 Å². The standard InChI is InChI=1S/C41H66N7O17P3S/c1-4-5-6-7-8-9-10-11-12-13-14-15-16-17-18-19-20-21-32(50)63-68(58,59)64-35-30(62-40(34(35)51)48-29-47-33-37(42)45-28-46-38(33)48)26-60-66(54,55)65-67(56,57)61-27-41(2,3)36(52)39(53)44-23-22-31(49)43-24-25-69/h8-9,11-12,14-15,17-18,28-30,34-36,40,51-52,69H,4-7,10,13,16,19-27H2,1-3H3,(H,43,49)(H,44,53)(H,54,55)(H,56,57)(H,58,59)(H2,42,45,46). The minimum absolute atomic E-state index is 0.0204. The van der Waals surface area contributed by atoms with Crippen LogP contribution in [0.1, 0.15) is 97.6 Å². The van der Waals surface area contributed by atoms with Crippen LogP contribution in [0.15, 0.2) is 61.3 Å². The molecular weight excluding hydrogens is 987 g/mol. The number of allylic oxidation sites excluding steroid dienone is 8. The fourth-order valence-corrected chi connectivity index (χ4v) is 9.57. The number of rotatable bonds is 33. The van der Waals surface area contributed by atoms with Crippen molar-refractivity contribution in [2.24, 2.45) is 5.41 Å².